The number of aliphatic imine (C=N–C) groups is 1. The zero-order chi connectivity index (χ0) is 22.6. The molecule has 33 heavy (non-hydrogen) atoms. The average Bonchev–Trinajstić information content (AvgIpc) is 3.30. The van der Waals surface area contributed by atoms with E-state index in [9.17, 15) is 4.79 Å². The van der Waals surface area contributed by atoms with Gasteiger partial charge in [-0.2, -0.15) is 0 Å². The number of methoxy groups -OCH3 is 1. The highest BCUT2D eigenvalue weighted by molar-refractivity contribution is 14.0. The van der Waals surface area contributed by atoms with Crippen molar-refractivity contribution in [1.29, 1.82) is 0 Å². The maximum atomic E-state index is 12.4. The molecule has 2 aromatic carbocycles. The normalized spacial score (nSPS) is 15.8. The van der Waals surface area contributed by atoms with Crippen molar-refractivity contribution in [3.63, 3.8) is 0 Å². The first-order valence-corrected chi connectivity index (χ1v) is 11.0. The lowest BCUT2D eigenvalue weighted by Gasteiger charge is -2.22. The van der Waals surface area contributed by atoms with Gasteiger partial charge >= 0.3 is 5.97 Å². The van der Waals surface area contributed by atoms with Crippen LogP contribution < -0.4 is 5.32 Å². The molecule has 1 unspecified atom stereocenters. The van der Waals surface area contributed by atoms with Crippen LogP contribution in [-0.2, 0) is 27.4 Å². The van der Waals surface area contributed by atoms with E-state index in [-0.39, 0.29) is 36.6 Å². The highest BCUT2D eigenvalue weighted by atomic mass is 127. The summed E-state index contributed by atoms with van der Waals surface area (Å²) < 4.78 is 16.1. The van der Waals surface area contributed by atoms with E-state index in [1.807, 2.05) is 48.5 Å². The molecule has 180 valence electrons. The molecule has 1 aliphatic rings. The van der Waals surface area contributed by atoms with Crippen LogP contribution in [0.1, 0.15) is 27.9 Å². The number of esters is 1. The summed E-state index contributed by atoms with van der Waals surface area (Å²) in [5, 5.41) is 3.41. The molecule has 0 radical (unpaired) electrons. The van der Waals surface area contributed by atoms with Gasteiger partial charge in [-0.05, 0) is 29.7 Å². The van der Waals surface area contributed by atoms with E-state index in [4.69, 9.17) is 14.2 Å². The minimum absolute atomic E-state index is 0. The second kappa shape index (κ2) is 14.9. The first-order valence-electron chi connectivity index (χ1n) is 11.0. The maximum absolute atomic E-state index is 12.4. The molecule has 1 aliphatic heterocycles. The number of rotatable bonds is 10. The summed E-state index contributed by atoms with van der Waals surface area (Å²) in [5.74, 6) is 1.03. The minimum atomic E-state index is -0.323. The number of benzene rings is 2. The molecular weight excluding hydrogens is 533 g/mol. The summed E-state index contributed by atoms with van der Waals surface area (Å²) in [7, 11) is 3.47. The monoisotopic (exact) mass is 567 g/mol. The van der Waals surface area contributed by atoms with Gasteiger partial charge in [0.05, 0.1) is 25.4 Å². The van der Waals surface area contributed by atoms with E-state index in [1.54, 1.807) is 20.2 Å². The molecular formula is C25H34IN3O4. The second-order valence-electron chi connectivity index (χ2n) is 7.83. The predicted molar refractivity (Wildman–Crippen MR) is 140 cm³/mol. The van der Waals surface area contributed by atoms with Crippen LogP contribution >= 0.6 is 24.0 Å². The summed E-state index contributed by atoms with van der Waals surface area (Å²) in [5.41, 5.74) is 2.51. The fraction of sp³-hybridized carbons (Fsp3) is 0.440. The second-order valence-corrected chi connectivity index (χ2v) is 7.83. The van der Waals surface area contributed by atoms with E-state index in [0.29, 0.717) is 31.2 Å². The molecule has 3 rings (SSSR count). The lowest BCUT2D eigenvalue weighted by molar-refractivity contribution is 0.0472. The molecule has 0 aliphatic carbocycles. The van der Waals surface area contributed by atoms with Crippen LogP contribution in [0, 0.1) is 5.92 Å². The van der Waals surface area contributed by atoms with Gasteiger partial charge in [0.2, 0.25) is 0 Å². The highest BCUT2D eigenvalue weighted by Gasteiger charge is 2.25. The standard InChI is InChI=1S/C25H33N3O4.HI/c1-26-25(28-12-11-22(17-28)18-31-14-13-30-2)27-16-21-9-6-10-23(15-21)24(29)32-19-20-7-4-3-5-8-20;/h3-10,15,22H,11-14,16-19H2,1-2H3,(H,26,27);1H. The van der Waals surface area contributed by atoms with Gasteiger partial charge in [-0.25, -0.2) is 4.79 Å². The highest BCUT2D eigenvalue weighted by Crippen LogP contribution is 2.17. The van der Waals surface area contributed by atoms with Crippen molar-refractivity contribution in [3.8, 4) is 0 Å². The number of carbonyl (C=O) groups is 1. The zero-order valence-electron chi connectivity index (χ0n) is 19.4. The fourth-order valence-electron chi connectivity index (χ4n) is 3.68. The third kappa shape index (κ3) is 8.94. The number of carbonyl (C=O) groups excluding carboxylic acids is 1. The summed E-state index contributed by atoms with van der Waals surface area (Å²) >= 11 is 0. The first kappa shape index (κ1) is 27.1. The molecule has 1 N–H and O–H groups in total. The number of nitrogens with one attached hydrogen (secondary N) is 1. The third-order valence-corrected chi connectivity index (χ3v) is 5.41. The Morgan fingerprint density at radius 2 is 1.91 bits per heavy atom. The van der Waals surface area contributed by atoms with Gasteiger partial charge in [0.25, 0.3) is 0 Å². The number of likely N-dealkylation sites (tertiary alicyclic amines) is 1. The Kier molecular flexibility index (Phi) is 12.2. The molecule has 1 fully saturated rings. The maximum Gasteiger partial charge on any atom is 0.338 e. The Bertz CT molecular complexity index is 879. The minimum Gasteiger partial charge on any atom is -0.457 e. The Balaban J connectivity index is 0.00000385. The Labute approximate surface area is 213 Å². The molecule has 7 nitrogen and oxygen atoms in total. The smallest absolute Gasteiger partial charge is 0.338 e. The van der Waals surface area contributed by atoms with Gasteiger partial charge in [0.15, 0.2) is 5.96 Å². The van der Waals surface area contributed by atoms with Crippen molar-refractivity contribution >= 4 is 35.9 Å². The summed E-state index contributed by atoms with van der Waals surface area (Å²) in [4.78, 5) is 19.1. The molecule has 0 amide bonds. The van der Waals surface area contributed by atoms with E-state index in [2.05, 4.69) is 15.2 Å². The Morgan fingerprint density at radius 3 is 2.67 bits per heavy atom. The number of hydrogen-bond donors (Lipinski definition) is 1. The molecule has 8 heteroatoms. The van der Waals surface area contributed by atoms with Crippen molar-refractivity contribution < 1.29 is 19.0 Å². The van der Waals surface area contributed by atoms with Gasteiger partial charge in [0.1, 0.15) is 6.61 Å². The topological polar surface area (TPSA) is 72.4 Å². The van der Waals surface area contributed by atoms with Crippen LogP contribution in [0.25, 0.3) is 0 Å². The summed E-state index contributed by atoms with van der Waals surface area (Å²) in [6, 6.07) is 17.2. The number of ether oxygens (including phenoxy) is 3. The van der Waals surface area contributed by atoms with Crippen LogP contribution in [0.5, 0.6) is 0 Å². The van der Waals surface area contributed by atoms with E-state index in [0.717, 1.165) is 43.2 Å². The van der Waals surface area contributed by atoms with Gasteiger partial charge in [-0.15, -0.1) is 24.0 Å². The summed E-state index contributed by atoms with van der Waals surface area (Å²) in [6.45, 7) is 4.70. The van der Waals surface area contributed by atoms with Crippen molar-refractivity contribution in [1.82, 2.24) is 10.2 Å². The zero-order valence-corrected chi connectivity index (χ0v) is 21.7. The first-order chi connectivity index (χ1) is 15.7. The number of guanidine groups is 1. The van der Waals surface area contributed by atoms with Crippen molar-refractivity contribution in [2.45, 2.75) is 19.6 Å². The fourth-order valence-corrected chi connectivity index (χ4v) is 3.68. The number of nitrogens with zero attached hydrogens (tertiary/aromatic N) is 2. The Morgan fingerprint density at radius 1 is 1.12 bits per heavy atom. The van der Waals surface area contributed by atoms with Crippen molar-refractivity contribution in [2.24, 2.45) is 10.9 Å². The van der Waals surface area contributed by atoms with Gasteiger partial charge < -0.3 is 24.4 Å². The van der Waals surface area contributed by atoms with Gasteiger partial charge in [-0.3, -0.25) is 4.99 Å². The van der Waals surface area contributed by atoms with Crippen molar-refractivity contribution in [2.75, 3.05) is 47.1 Å². The number of halogens is 1. The molecule has 2 aromatic rings. The van der Waals surface area contributed by atoms with Crippen LogP contribution in [0.2, 0.25) is 0 Å². The number of hydrogen-bond acceptors (Lipinski definition) is 5. The SMILES string of the molecule is CN=C(NCc1cccc(C(=O)OCc2ccccc2)c1)N1CCC(COCCOC)C1.I. The Hall–Kier alpha value is -2.17. The molecule has 0 bridgehead atoms. The largest absolute Gasteiger partial charge is 0.457 e. The summed E-state index contributed by atoms with van der Waals surface area (Å²) in [6.07, 6.45) is 1.08. The van der Waals surface area contributed by atoms with E-state index in [1.165, 1.54) is 0 Å². The lowest BCUT2D eigenvalue weighted by atomic mass is 10.1. The van der Waals surface area contributed by atoms with Crippen LogP contribution in [0.3, 0.4) is 0 Å². The van der Waals surface area contributed by atoms with Crippen LogP contribution in [0.4, 0.5) is 0 Å². The van der Waals surface area contributed by atoms with Crippen molar-refractivity contribution in [3.05, 3.63) is 71.3 Å². The average molecular weight is 567 g/mol. The predicted octanol–water partition coefficient (Wildman–Crippen LogP) is 3.72. The van der Waals surface area contributed by atoms with Crippen LogP contribution in [0.15, 0.2) is 59.6 Å². The van der Waals surface area contributed by atoms with Gasteiger partial charge in [-0.1, -0.05) is 42.5 Å². The third-order valence-electron chi connectivity index (χ3n) is 5.41. The molecule has 0 saturated carbocycles. The van der Waals surface area contributed by atoms with E-state index >= 15 is 0 Å². The molecule has 1 heterocycles. The van der Waals surface area contributed by atoms with Gasteiger partial charge in [0, 0.05) is 39.7 Å². The molecule has 1 atom stereocenters. The molecule has 0 aromatic heterocycles. The molecule has 1 saturated heterocycles. The molecule has 0 spiro atoms. The van der Waals surface area contributed by atoms with Crippen LogP contribution in [-0.4, -0.2) is 63.9 Å². The van der Waals surface area contributed by atoms with E-state index < -0.39 is 0 Å². The lowest BCUT2D eigenvalue weighted by Crippen LogP contribution is -2.39. The quantitative estimate of drug-likeness (QED) is 0.155.